The van der Waals surface area contributed by atoms with Crippen LogP contribution in [0.2, 0.25) is 0 Å². The van der Waals surface area contributed by atoms with Gasteiger partial charge in [0.2, 0.25) is 0 Å². The van der Waals surface area contributed by atoms with Gasteiger partial charge < -0.3 is 19.7 Å². The highest BCUT2D eigenvalue weighted by atomic mass is 16.5. The Kier molecular flexibility index (Phi) is 6.75. The Balaban J connectivity index is 1.53. The first-order chi connectivity index (χ1) is 15.1. The third-order valence-electron chi connectivity index (χ3n) is 5.71. The van der Waals surface area contributed by atoms with Crippen molar-refractivity contribution in [1.82, 2.24) is 4.90 Å². The van der Waals surface area contributed by atoms with E-state index in [0.717, 1.165) is 30.0 Å². The smallest absolute Gasteiger partial charge is 0.163 e. The Morgan fingerprint density at radius 2 is 1.61 bits per heavy atom. The molecule has 3 atom stereocenters. The van der Waals surface area contributed by atoms with Gasteiger partial charge in [0.1, 0.15) is 11.5 Å². The molecule has 3 aromatic rings. The zero-order valence-corrected chi connectivity index (χ0v) is 17.7. The number of aliphatic hydroxyl groups excluding tert-OH is 1. The monoisotopic (exact) mass is 419 g/mol. The maximum absolute atomic E-state index is 10.4. The summed E-state index contributed by atoms with van der Waals surface area (Å²) >= 11 is 0. The van der Waals surface area contributed by atoms with Crippen LogP contribution in [0.25, 0.3) is 0 Å². The zero-order chi connectivity index (χ0) is 21.6. The van der Waals surface area contributed by atoms with E-state index in [1.54, 1.807) is 18.2 Å². The Morgan fingerprint density at radius 3 is 2.32 bits per heavy atom. The lowest BCUT2D eigenvalue weighted by molar-refractivity contribution is -0.0563. The third-order valence-corrected chi connectivity index (χ3v) is 5.71. The van der Waals surface area contributed by atoms with Crippen LogP contribution in [0.3, 0.4) is 0 Å². The van der Waals surface area contributed by atoms with Gasteiger partial charge in [-0.3, -0.25) is 4.90 Å². The molecule has 162 valence electrons. The van der Waals surface area contributed by atoms with Gasteiger partial charge in [0.15, 0.2) is 17.7 Å². The summed E-state index contributed by atoms with van der Waals surface area (Å²) < 4.78 is 12.1. The molecule has 2 N–H and O–H groups in total. The second-order valence-electron chi connectivity index (χ2n) is 7.86. The standard InChI is InChI=1S/C26H29NO4/c1-2-26(31-25-11-7-6-10-24(25)29)27-17-16-20(28)18-23(27)19-12-14-22(15-13-19)30-21-8-4-3-5-9-21/h3-15,20,23,26,28-29H,2,16-18H2,1H3. The predicted octanol–water partition coefficient (Wildman–Crippen LogP) is 5.50. The molecule has 3 aromatic carbocycles. The average molecular weight is 420 g/mol. The van der Waals surface area contributed by atoms with Gasteiger partial charge >= 0.3 is 0 Å². The quantitative estimate of drug-likeness (QED) is 0.530. The van der Waals surface area contributed by atoms with E-state index in [1.807, 2.05) is 48.5 Å². The molecule has 1 heterocycles. The third kappa shape index (κ3) is 5.19. The first-order valence-electron chi connectivity index (χ1n) is 10.9. The lowest BCUT2D eigenvalue weighted by Gasteiger charge is -2.42. The van der Waals surface area contributed by atoms with Crippen LogP contribution in [-0.2, 0) is 0 Å². The molecule has 0 radical (unpaired) electrons. The molecule has 5 heteroatoms. The van der Waals surface area contributed by atoms with Crippen molar-refractivity contribution in [1.29, 1.82) is 0 Å². The topological polar surface area (TPSA) is 62.2 Å². The molecule has 5 nitrogen and oxygen atoms in total. The molecule has 31 heavy (non-hydrogen) atoms. The molecule has 0 bridgehead atoms. The van der Waals surface area contributed by atoms with E-state index in [1.165, 1.54) is 0 Å². The SMILES string of the molecule is CCC(Oc1ccccc1O)N1CCC(O)CC1c1ccc(Oc2ccccc2)cc1. The molecular formula is C26H29NO4. The highest BCUT2D eigenvalue weighted by Gasteiger charge is 2.34. The molecule has 0 aromatic heterocycles. The lowest BCUT2D eigenvalue weighted by Crippen LogP contribution is -2.47. The highest BCUT2D eigenvalue weighted by Crippen LogP contribution is 2.36. The summed E-state index contributed by atoms with van der Waals surface area (Å²) in [5.41, 5.74) is 1.11. The number of para-hydroxylation sites is 3. The fourth-order valence-electron chi connectivity index (χ4n) is 4.11. The minimum Gasteiger partial charge on any atom is -0.504 e. The van der Waals surface area contributed by atoms with Crippen molar-refractivity contribution in [2.45, 2.75) is 44.6 Å². The largest absolute Gasteiger partial charge is 0.504 e. The van der Waals surface area contributed by atoms with Gasteiger partial charge in [0.05, 0.1) is 6.10 Å². The second kappa shape index (κ2) is 9.86. The number of hydrogen-bond acceptors (Lipinski definition) is 5. The Hall–Kier alpha value is -3.02. The summed E-state index contributed by atoms with van der Waals surface area (Å²) in [5, 5.41) is 20.5. The van der Waals surface area contributed by atoms with Crippen molar-refractivity contribution in [3.05, 3.63) is 84.4 Å². The molecule has 0 saturated carbocycles. The van der Waals surface area contributed by atoms with Crippen LogP contribution >= 0.6 is 0 Å². The normalized spacial score (nSPS) is 20.2. The average Bonchev–Trinajstić information content (AvgIpc) is 2.80. The van der Waals surface area contributed by atoms with Gasteiger partial charge in [0.25, 0.3) is 0 Å². The summed E-state index contributed by atoms with van der Waals surface area (Å²) in [6.07, 6.45) is 1.55. The summed E-state index contributed by atoms with van der Waals surface area (Å²) in [6.45, 7) is 2.80. The van der Waals surface area contributed by atoms with Crippen LogP contribution in [0.5, 0.6) is 23.0 Å². The van der Waals surface area contributed by atoms with Gasteiger partial charge in [-0.2, -0.15) is 0 Å². The van der Waals surface area contributed by atoms with E-state index in [9.17, 15) is 10.2 Å². The van der Waals surface area contributed by atoms with Crippen LogP contribution in [0.4, 0.5) is 0 Å². The lowest BCUT2D eigenvalue weighted by atomic mass is 9.92. The maximum atomic E-state index is 10.4. The number of likely N-dealkylation sites (tertiary alicyclic amines) is 1. The fourth-order valence-corrected chi connectivity index (χ4v) is 4.11. The van der Waals surface area contributed by atoms with Crippen molar-refractivity contribution in [3.63, 3.8) is 0 Å². The molecule has 4 rings (SSSR count). The number of ether oxygens (including phenoxy) is 2. The van der Waals surface area contributed by atoms with Crippen LogP contribution in [0.15, 0.2) is 78.9 Å². The summed E-state index contributed by atoms with van der Waals surface area (Å²) in [5.74, 6) is 2.19. The van der Waals surface area contributed by atoms with Crippen molar-refractivity contribution >= 4 is 0 Å². The van der Waals surface area contributed by atoms with E-state index in [4.69, 9.17) is 9.47 Å². The van der Waals surface area contributed by atoms with E-state index < -0.39 is 0 Å². The maximum Gasteiger partial charge on any atom is 0.163 e. The minimum absolute atomic E-state index is 0.0188. The Bertz CT molecular complexity index is 961. The van der Waals surface area contributed by atoms with Crippen molar-refractivity contribution in [3.8, 4) is 23.0 Å². The summed E-state index contributed by atoms with van der Waals surface area (Å²) in [6, 6.07) is 24.8. The number of aliphatic hydroxyl groups is 1. The number of hydrogen-bond donors (Lipinski definition) is 2. The van der Waals surface area contributed by atoms with Gasteiger partial charge in [-0.05, 0) is 61.2 Å². The van der Waals surface area contributed by atoms with E-state index in [2.05, 4.69) is 24.0 Å². The summed E-state index contributed by atoms with van der Waals surface area (Å²) in [4.78, 5) is 2.28. The van der Waals surface area contributed by atoms with Crippen LogP contribution in [0, 0.1) is 0 Å². The number of phenolic OH excluding ortho intramolecular Hbond substituents is 1. The fraction of sp³-hybridized carbons (Fsp3) is 0.308. The number of benzene rings is 3. The van der Waals surface area contributed by atoms with Crippen LogP contribution in [-0.4, -0.2) is 34.0 Å². The first-order valence-corrected chi connectivity index (χ1v) is 10.9. The molecule has 0 spiro atoms. The molecule has 1 fully saturated rings. The zero-order valence-electron chi connectivity index (χ0n) is 17.7. The number of piperidine rings is 1. The van der Waals surface area contributed by atoms with E-state index in [0.29, 0.717) is 18.6 Å². The molecule has 0 aliphatic carbocycles. The molecule has 3 unspecified atom stereocenters. The molecule has 0 amide bonds. The highest BCUT2D eigenvalue weighted by molar-refractivity contribution is 5.38. The van der Waals surface area contributed by atoms with Crippen LogP contribution < -0.4 is 9.47 Å². The number of nitrogens with zero attached hydrogens (tertiary/aromatic N) is 1. The van der Waals surface area contributed by atoms with E-state index >= 15 is 0 Å². The molecule has 1 saturated heterocycles. The van der Waals surface area contributed by atoms with Crippen molar-refractivity contribution in [2.24, 2.45) is 0 Å². The number of phenols is 1. The van der Waals surface area contributed by atoms with Gasteiger partial charge in [0, 0.05) is 12.6 Å². The second-order valence-corrected chi connectivity index (χ2v) is 7.86. The Morgan fingerprint density at radius 1 is 0.935 bits per heavy atom. The predicted molar refractivity (Wildman–Crippen MR) is 120 cm³/mol. The van der Waals surface area contributed by atoms with Gasteiger partial charge in [-0.1, -0.05) is 49.4 Å². The summed E-state index contributed by atoms with van der Waals surface area (Å²) in [7, 11) is 0. The van der Waals surface area contributed by atoms with Gasteiger partial charge in [-0.15, -0.1) is 0 Å². The first kappa shape index (κ1) is 21.2. The van der Waals surface area contributed by atoms with Gasteiger partial charge in [-0.25, -0.2) is 0 Å². The van der Waals surface area contributed by atoms with E-state index in [-0.39, 0.29) is 24.1 Å². The molecule has 1 aliphatic rings. The Labute approximate surface area is 183 Å². The minimum atomic E-state index is -0.343. The van der Waals surface area contributed by atoms with Crippen molar-refractivity contribution in [2.75, 3.05) is 6.54 Å². The van der Waals surface area contributed by atoms with Crippen LogP contribution in [0.1, 0.15) is 37.8 Å². The number of rotatable bonds is 7. The molecular weight excluding hydrogens is 390 g/mol. The van der Waals surface area contributed by atoms with Crippen molar-refractivity contribution < 1.29 is 19.7 Å². The number of aromatic hydroxyl groups is 1. The molecule has 1 aliphatic heterocycles.